The minimum Gasteiger partial charge on any atom is -0.292 e. The van der Waals surface area contributed by atoms with Crippen molar-refractivity contribution in [2.45, 2.75) is 39.7 Å². The smallest absolute Gasteiger partial charge is 0.183 e. The molecular weight excluding hydrogens is 260 g/mol. The first-order valence-electron chi connectivity index (χ1n) is 7.71. The van der Waals surface area contributed by atoms with Crippen molar-refractivity contribution in [3.05, 3.63) is 42.2 Å². The highest BCUT2D eigenvalue weighted by Gasteiger charge is 2.37. The summed E-state index contributed by atoms with van der Waals surface area (Å²) in [6, 6.07) is 7.85. The monoisotopic (exact) mass is 284 g/mol. The molecule has 0 radical (unpaired) electrons. The summed E-state index contributed by atoms with van der Waals surface area (Å²) < 4.78 is 0. The van der Waals surface area contributed by atoms with Crippen LogP contribution in [0.2, 0.25) is 0 Å². The molecular formula is C18H24N2O. The Morgan fingerprint density at radius 3 is 2.52 bits per heavy atom. The fourth-order valence-electron chi connectivity index (χ4n) is 3.05. The van der Waals surface area contributed by atoms with E-state index in [4.69, 9.17) is 0 Å². The van der Waals surface area contributed by atoms with Gasteiger partial charge in [0.2, 0.25) is 0 Å². The second-order valence-electron chi connectivity index (χ2n) is 5.53. The molecule has 1 atom stereocenters. The molecule has 0 aliphatic rings. The number of ketones is 1. The third-order valence-corrected chi connectivity index (χ3v) is 4.57. The summed E-state index contributed by atoms with van der Waals surface area (Å²) in [5.41, 5.74) is 0.310. The molecule has 0 saturated carbocycles. The quantitative estimate of drug-likeness (QED) is 0.754. The Kier molecular flexibility index (Phi) is 4.73. The zero-order valence-electron chi connectivity index (χ0n) is 13.4. The predicted octanol–water partition coefficient (Wildman–Crippen LogP) is 3.93. The number of hydrogen-bond donors (Lipinski definition) is 0. The van der Waals surface area contributed by atoms with Crippen molar-refractivity contribution in [3.8, 4) is 0 Å². The number of benzene rings is 1. The molecule has 1 aromatic heterocycles. The molecule has 3 heteroatoms. The lowest BCUT2D eigenvalue weighted by atomic mass is 9.85. The van der Waals surface area contributed by atoms with Gasteiger partial charge in [-0.25, -0.2) is 0 Å². The summed E-state index contributed by atoms with van der Waals surface area (Å²) >= 11 is 0. The van der Waals surface area contributed by atoms with Gasteiger partial charge in [0, 0.05) is 23.3 Å². The molecule has 21 heavy (non-hydrogen) atoms. The van der Waals surface area contributed by atoms with Gasteiger partial charge in [-0.2, -0.15) is 0 Å². The number of carbonyl (C=O) groups is 1. The molecule has 2 aromatic rings. The lowest BCUT2D eigenvalue weighted by Crippen LogP contribution is -2.51. The van der Waals surface area contributed by atoms with Gasteiger partial charge in [-0.05, 0) is 37.9 Å². The Hall–Kier alpha value is -1.74. The SMILES string of the molecule is CCN(CC)C(C)(CC)C(=O)c1cccc2ccncc12. The summed E-state index contributed by atoms with van der Waals surface area (Å²) in [7, 11) is 0. The van der Waals surface area contributed by atoms with Gasteiger partial charge < -0.3 is 0 Å². The number of pyridine rings is 1. The average molecular weight is 284 g/mol. The molecule has 0 amide bonds. The molecule has 0 aliphatic heterocycles. The van der Waals surface area contributed by atoms with Crippen molar-refractivity contribution in [1.82, 2.24) is 9.88 Å². The van der Waals surface area contributed by atoms with Gasteiger partial charge in [0.25, 0.3) is 0 Å². The summed E-state index contributed by atoms with van der Waals surface area (Å²) in [4.78, 5) is 19.6. The van der Waals surface area contributed by atoms with Gasteiger partial charge in [-0.15, -0.1) is 0 Å². The third kappa shape index (κ3) is 2.70. The summed E-state index contributed by atoms with van der Waals surface area (Å²) in [5, 5.41) is 2.01. The Morgan fingerprint density at radius 2 is 1.90 bits per heavy atom. The van der Waals surface area contributed by atoms with Crippen LogP contribution in [0.1, 0.15) is 44.5 Å². The topological polar surface area (TPSA) is 33.2 Å². The van der Waals surface area contributed by atoms with Crippen LogP contribution in [-0.4, -0.2) is 34.3 Å². The first-order valence-corrected chi connectivity index (χ1v) is 7.71. The third-order valence-electron chi connectivity index (χ3n) is 4.57. The normalized spacial score (nSPS) is 14.3. The van der Waals surface area contributed by atoms with Crippen LogP contribution in [0, 0.1) is 0 Å². The van der Waals surface area contributed by atoms with Crippen LogP contribution in [0.4, 0.5) is 0 Å². The number of Topliss-reactive ketones (excluding diaryl/α,β-unsaturated/α-hetero) is 1. The number of rotatable bonds is 6. The highest BCUT2D eigenvalue weighted by atomic mass is 16.1. The number of nitrogens with zero attached hydrogens (tertiary/aromatic N) is 2. The van der Waals surface area contributed by atoms with E-state index in [1.54, 1.807) is 12.4 Å². The van der Waals surface area contributed by atoms with Crippen LogP contribution in [0.15, 0.2) is 36.7 Å². The van der Waals surface area contributed by atoms with E-state index >= 15 is 0 Å². The summed E-state index contributed by atoms with van der Waals surface area (Å²) in [6.45, 7) is 10.1. The zero-order chi connectivity index (χ0) is 15.5. The number of likely N-dealkylation sites (N-methyl/N-ethyl adjacent to an activating group) is 1. The Labute approximate surface area is 127 Å². The van der Waals surface area contributed by atoms with E-state index in [1.165, 1.54) is 0 Å². The van der Waals surface area contributed by atoms with Crippen molar-refractivity contribution >= 4 is 16.6 Å². The second-order valence-corrected chi connectivity index (χ2v) is 5.53. The largest absolute Gasteiger partial charge is 0.292 e. The summed E-state index contributed by atoms with van der Waals surface area (Å²) in [6.07, 6.45) is 4.35. The maximum absolute atomic E-state index is 13.2. The average Bonchev–Trinajstić information content (AvgIpc) is 2.54. The maximum Gasteiger partial charge on any atom is 0.183 e. The van der Waals surface area contributed by atoms with Gasteiger partial charge >= 0.3 is 0 Å². The fraction of sp³-hybridized carbons (Fsp3) is 0.444. The van der Waals surface area contributed by atoms with Crippen molar-refractivity contribution in [1.29, 1.82) is 0 Å². The first kappa shape index (κ1) is 15.6. The van der Waals surface area contributed by atoms with Gasteiger partial charge in [0.1, 0.15) is 0 Å². The molecule has 1 aromatic carbocycles. The molecule has 2 rings (SSSR count). The minimum atomic E-state index is -0.465. The van der Waals surface area contributed by atoms with Crippen LogP contribution in [0.25, 0.3) is 10.8 Å². The number of hydrogen-bond acceptors (Lipinski definition) is 3. The van der Waals surface area contributed by atoms with Crippen LogP contribution in [0.5, 0.6) is 0 Å². The highest BCUT2D eigenvalue weighted by Crippen LogP contribution is 2.28. The fourth-order valence-corrected chi connectivity index (χ4v) is 3.05. The lowest BCUT2D eigenvalue weighted by molar-refractivity contribution is 0.0609. The van der Waals surface area contributed by atoms with E-state index in [0.29, 0.717) is 0 Å². The standard InChI is InChI=1S/C18H24N2O/c1-5-18(4,20(6-2)7-3)17(21)15-10-8-9-14-11-12-19-13-16(14)15/h8-13H,5-7H2,1-4H3. The van der Waals surface area contributed by atoms with E-state index in [1.807, 2.05) is 24.3 Å². The minimum absolute atomic E-state index is 0.187. The zero-order valence-corrected chi connectivity index (χ0v) is 13.4. The molecule has 0 saturated heterocycles. The van der Waals surface area contributed by atoms with Crippen molar-refractivity contribution in [3.63, 3.8) is 0 Å². The van der Waals surface area contributed by atoms with Crippen molar-refractivity contribution in [2.75, 3.05) is 13.1 Å². The van der Waals surface area contributed by atoms with Crippen molar-refractivity contribution < 1.29 is 4.79 Å². The Bertz CT molecular complexity index is 629. The molecule has 3 nitrogen and oxygen atoms in total. The molecule has 0 N–H and O–H groups in total. The molecule has 1 heterocycles. The van der Waals surface area contributed by atoms with Crippen LogP contribution in [-0.2, 0) is 0 Å². The second kappa shape index (κ2) is 6.35. The lowest BCUT2D eigenvalue weighted by Gasteiger charge is -2.38. The first-order chi connectivity index (χ1) is 10.1. The van der Waals surface area contributed by atoms with Crippen molar-refractivity contribution in [2.24, 2.45) is 0 Å². The van der Waals surface area contributed by atoms with E-state index in [2.05, 4.69) is 37.6 Å². The number of fused-ring (bicyclic) bond motifs is 1. The molecule has 0 bridgehead atoms. The summed E-state index contributed by atoms with van der Waals surface area (Å²) in [5.74, 6) is 0.187. The van der Waals surface area contributed by atoms with Gasteiger partial charge in [0.05, 0.1) is 5.54 Å². The van der Waals surface area contributed by atoms with E-state index in [-0.39, 0.29) is 5.78 Å². The molecule has 0 fully saturated rings. The molecule has 0 aliphatic carbocycles. The van der Waals surface area contributed by atoms with Crippen LogP contribution in [0.3, 0.4) is 0 Å². The molecule has 0 spiro atoms. The maximum atomic E-state index is 13.2. The molecule has 1 unspecified atom stereocenters. The molecule has 112 valence electrons. The highest BCUT2D eigenvalue weighted by molar-refractivity contribution is 6.12. The van der Waals surface area contributed by atoms with E-state index in [9.17, 15) is 4.79 Å². The van der Waals surface area contributed by atoms with E-state index in [0.717, 1.165) is 35.8 Å². The van der Waals surface area contributed by atoms with Crippen LogP contribution >= 0.6 is 0 Å². The van der Waals surface area contributed by atoms with Gasteiger partial charge in [0.15, 0.2) is 5.78 Å². The van der Waals surface area contributed by atoms with E-state index < -0.39 is 5.54 Å². The number of aromatic nitrogens is 1. The predicted molar refractivity (Wildman–Crippen MR) is 87.7 cm³/mol. The Morgan fingerprint density at radius 1 is 1.19 bits per heavy atom. The van der Waals surface area contributed by atoms with Crippen LogP contribution < -0.4 is 0 Å². The number of carbonyl (C=O) groups excluding carboxylic acids is 1. The van der Waals surface area contributed by atoms with Gasteiger partial charge in [-0.3, -0.25) is 14.7 Å². The Balaban J connectivity index is 2.55. The van der Waals surface area contributed by atoms with Gasteiger partial charge in [-0.1, -0.05) is 39.0 Å².